The van der Waals surface area contributed by atoms with Crippen LogP contribution in [0.15, 0.2) is 76.7 Å². The van der Waals surface area contributed by atoms with Crippen LogP contribution in [0.25, 0.3) is 5.69 Å². The summed E-state index contributed by atoms with van der Waals surface area (Å²) >= 11 is 1.25. The molecule has 0 amide bonds. The normalized spacial score (nSPS) is 12.1. The fourth-order valence-electron chi connectivity index (χ4n) is 4.13. The van der Waals surface area contributed by atoms with E-state index in [1.807, 2.05) is 59.2 Å². The minimum Gasteiger partial charge on any atom is -0.466 e. The van der Waals surface area contributed by atoms with Crippen molar-refractivity contribution in [3.8, 4) is 5.69 Å². The maximum absolute atomic E-state index is 12.4. The fraction of sp³-hybridized carbons (Fsp3) is 0.241. The Morgan fingerprint density at radius 2 is 1.61 bits per heavy atom. The Hall–Kier alpha value is -3.84. The number of esters is 1. The molecule has 4 rings (SSSR count). The first-order valence-corrected chi connectivity index (χ1v) is 12.7. The molecule has 0 aliphatic rings. The lowest BCUT2D eigenvalue weighted by Gasteiger charge is -2.15. The molecule has 0 aliphatic carbocycles. The van der Waals surface area contributed by atoms with E-state index in [4.69, 9.17) is 14.7 Å². The van der Waals surface area contributed by atoms with Gasteiger partial charge < -0.3 is 4.74 Å². The van der Waals surface area contributed by atoms with Crippen LogP contribution >= 0.6 is 11.5 Å². The van der Waals surface area contributed by atoms with Crippen LogP contribution in [0.4, 0.5) is 5.69 Å². The SMILES string of the molecule is CCOC(=O)Cc1nsc(=NC(=Nc2ccccc2)c2ccc(C)cc2)n1-c1c(C)cc(C)cc1C. The summed E-state index contributed by atoms with van der Waals surface area (Å²) in [6, 6.07) is 22.2. The van der Waals surface area contributed by atoms with Crippen molar-refractivity contribution >= 4 is 29.0 Å². The third-order valence-corrected chi connectivity index (χ3v) is 6.39. The molecule has 0 aliphatic heterocycles. The Labute approximate surface area is 215 Å². The Balaban J connectivity index is 1.96. The zero-order valence-electron chi connectivity index (χ0n) is 21.3. The van der Waals surface area contributed by atoms with Crippen LogP contribution in [-0.2, 0) is 16.0 Å². The summed E-state index contributed by atoms with van der Waals surface area (Å²) < 4.78 is 11.8. The topological polar surface area (TPSA) is 68.8 Å². The van der Waals surface area contributed by atoms with E-state index < -0.39 is 0 Å². The van der Waals surface area contributed by atoms with Crippen LogP contribution in [0.3, 0.4) is 0 Å². The van der Waals surface area contributed by atoms with E-state index in [0.717, 1.165) is 33.6 Å². The van der Waals surface area contributed by atoms with Gasteiger partial charge in [0.15, 0.2) is 5.84 Å². The minimum absolute atomic E-state index is 0.0578. The predicted octanol–water partition coefficient (Wildman–Crippen LogP) is 5.95. The third kappa shape index (κ3) is 5.86. The number of benzene rings is 3. The molecule has 36 heavy (non-hydrogen) atoms. The molecular weight excluding hydrogens is 468 g/mol. The molecule has 0 saturated carbocycles. The number of hydrogen-bond acceptors (Lipinski definition) is 5. The number of ether oxygens (including phenoxy) is 1. The lowest BCUT2D eigenvalue weighted by molar-refractivity contribution is -0.142. The zero-order chi connectivity index (χ0) is 25.7. The molecule has 1 heterocycles. The van der Waals surface area contributed by atoms with Gasteiger partial charge in [-0.1, -0.05) is 65.7 Å². The smallest absolute Gasteiger partial charge is 0.313 e. The lowest BCUT2D eigenvalue weighted by Crippen LogP contribution is -2.22. The number of para-hydroxylation sites is 1. The first kappa shape index (κ1) is 25.3. The van der Waals surface area contributed by atoms with Crippen LogP contribution in [0, 0.1) is 27.7 Å². The number of rotatable bonds is 6. The molecule has 0 N–H and O–H groups in total. The van der Waals surface area contributed by atoms with Crippen LogP contribution < -0.4 is 4.80 Å². The maximum atomic E-state index is 12.4. The predicted molar refractivity (Wildman–Crippen MR) is 145 cm³/mol. The lowest BCUT2D eigenvalue weighted by atomic mass is 10.0. The Morgan fingerprint density at radius 1 is 0.944 bits per heavy atom. The van der Waals surface area contributed by atoms with Gasteiger partial charge in [0.05, 0.1) is 18.0 Å². The second kappa shape index (κ2) is 11.3. The molecule has 0 fully saturated rings. The molecule has 0 bridgehead atoms. The highest BCUT2D eigenvalue weighted by Crippen LogP contribution is 2.22. The van der Waals surface area contributed by atoms with Crippen molar-refractivity contribution in [1.82, 2.24) is 8.94 Å². The van der Waals surface area contributed by atoms with Crippen molar-refractivity contribution in [3.05, 3.63) is 105 Å². The highest BCUT2D eigenvalue weighted by molar-refractivity contribution is 7.02. The van der Waals surface area contributed by atoms with Crippen molar-refractivity contribution in [1.29, 1.82) is 0 Å². The number of carbonyl (C=O) groups is 1. The molecule has 0 unspecified atom stereocenters. The van der Waals surface area contributed by atoms with Crippen molar-refractivity contribution in [2.75, 3.05) is 6.61 Å². The number of amidine groups is 1. The summed E-state index contributed by atoms with van der Waals surface area (Å²) in [4.78, 5) is 23.0. The number of hydrogen-bond donors (Lipinski definition) is 0. The second-order valence-corrected chi connectivity index (χ2v) is 9.42. The Kier molecular flexibility index (Phi) is 7.90. The van der Waals surface area contributed by atoms with Gasteiger partial charge in [0.1, 0.15) is 12.2 Å². The molecule has 184 valence electrons. The highest BCUT2D eigenvalue weighted by atomic mass is 32.1. The number of carbonyl (C=O) groups excluding carboxylic acids is 1. The summed E-state index contributed by atoms with van der Waals surface area (Å²) in [6.07, 6.45) is 0.0578. The largest absolute Gasteiger partial charge is 0.466 e. The summed E-state index contributed by atoms with van der Waals surface area (Å²) in [5, 5.41) is 0. The van der Waals surface area contributed by atoms with E-state index in [-0.39, 0.29) is 12.4 Å². The molecular formula is C29H30N4O2S. The molecule has 0 saturated heterocycles. The molecule has 6 nitrogen and oxygen atoms in total. The quantitative estimate of drug-likeness (QED) is 0.187. The molecule has 3 aromatic carbocycles. The highest BCUT2D eigenvalue weighted by Gasteiger charge is 2.18. The van der Waals surface area contributed by atoms with Gasteiger partial charge in [-0.05, 0) is 57.9 Å². The van der Waals surface area contributed by atoms with E-state index >= 15 is 0 Å². The van der Waals surface area contributed by atoms with Gasteiger partial charge in [0, 0.05) is 17.1 Å². The van der Waals surface area contributed by atoms with Gasteiger partial charge in [-0.2, -0.15) is 9.37 Å². The van der Waals surface area contributed by atoms with E-state index in [9.17, 15) is 4.79 Å². The van der Waals surface area contributed by atoms with Crippen molar-refractivity contribution in [2.24, 2.45) is 9.98 Å². The average molecular weight is 499 g/mol. The summed E-state index contributed by atoms with van der Waals surface area (Å²) in [6.45, 7) is 10.4. The van der Waals surface area contributed by atoms with E-state index in [2.05, 4.69) is 44.2 Å². The van der Waals surface area contributed by atoms with Gasteiger partial charge in [-0.3, -0.25) is 9.36 Å². The van der Waals surface area contributed by atoms with E-state index in [1.54, 1.807) is 6.92 Å². The number of aliphatic imine (C=N–C) groups is 1. The van der Waals surface area contributed by atoms with Crippen molar-refractivity contribution in [3.63, 3.8) is 0 Å². The number of nitrogens with zero attached hydrogens (tertiary/aromatic N) is 4. The Bertz CT molecular complexity index is 1440. The summed E-state index contributed by atoms with van der Waals surface area (Å²) in [5.41, 5.74) is 7.17. The number of aromatic nitrogens is 2. The first-order chi connectivity index (χ1) is 17.4. The van der Waals surface area contributed by atoms with Gasteiger partial charge in [0.2, 0.25) is 4.80 Å². The summed E-state index contributed by atoms with van der Waals surface area (Å²) in [7, 11) is 0. The van der Waals surface area contributed by atoms with Gasteiger partial charge in [-0.25, -0.2) is 4.99 Å². The second-order valence-electron chi connectivity index (χ2n) is 8.69. The zero-order valence-corrected chi connectivity index (χ0v) is 22.1. The van der Waals surface area contributed by atoms with Crippen LogP contribution in [0.2, 0.25) is 0 Å². The molecule has 1 aromatic heterocycles. The Morgan fingerprint density at radius 3 is 2.25 bits per heavy atom. The van der Waals surface area contributed by atoms with Crippen LogP contribution in [-0.4, -0.2) is 27.4 Å². The minimum atomic E-state index is -0.317. The van der Waals surface area contributed by atoms with Crippen LogP contribution in [0.5, 0.6) is 0 Å². The molecule has 7 heteroatoms. The van der Waals surface area contributed by atoms with Crippen molar-refractivity contribution < 1.29 is 9.53 Å². The maximum Gasteiger partial charge on any atom is 0.313 e. The van der Waals surface area contributed by atoms with Gasteiger partial charge in [0.25, 0.3) is 0 Å². The first-order valence-electron chi connectivity index (χ1n) is 11.9. The average Bonchev–Trinajstić information content (AvgIpc) is 3.21. The molecule has 0 radical (unpaired) electrons. The van der Waals surface area contributed by atoms with Gasteiger partial charge in [-0.15, -0.1) is 0 Å². The number of aryl methyl sites for hydroxylation is 4. The molecule has 0 spiro atoms. The fourth-order valence-corrected chi connectivity index (χ4v) is 4.87. The molecule has 4 aromatic rings. The third-order valence-electron chi connectivity index (χ3n) is 5.65. The standard InChI is InChI=1S/C29H30N4O2S/c1-6-35-26(34)18-25-32-36-29(33(25)27-21(4)16-20(3)17-22(27)5)31-28(23-14-12-19(2)13-15-23)30-24-10-8-7-9-11-24/h7-17H,6,18H2,1-5H3. The van der Waals surface area contributed by atoms with Crippen molar-refractivity contribution in [2.45, 2.75) is 41.0 Å². The van der Waals surface area contributed by atoms with Gasteiger partial charge >= 0.3 is 5.97 Å². The monoisotopic (exact) mass is 498 g/mol. The van der Waals surface area contributed by atoms with E-state index in [0.29, 0.717) is 23.1 Å². The molecule has 0 atom stereocenters. The van der Waals surface area contributed by atoms with Crippen LogP contribution in [0.1, 0.15) is 40.6 Å². The van der Waals surface area contributed by atoms with E-state index in [1.165, 1.54) is 17.1 Å². The summed E-state index contributed by atoms with van der Waals surface area (Å²) in [5.74, 6) is 0.848.